The molecule has 1 fully saturated rings. The third-order valence-corrected chi connectivity index (χ3v) is 6.51. The van der Waals surface area contributed by atoms with Gasteiger partial charge in [-0.05, 0) is 74.6 Å². The lowest BCUT2D eigenvalue weighted by Gasteiger charge is -2.35. The first kappa shape index (κ1) is 21.6. The molecule has 1 saturated carbocycles. The molecule has 0 bridgehead atoms. The van der Waals surface area contributed by atoms with E-state index in [2.05, 4.69) is 39.3 Å². The second kappa shape index (κ2) is 10.0. The van der Waals surface area contributed by atoms with Crippen molar-refractivity contribution in [3.05, 3.63) is 47.5 Å². The number of benzene rings is 1. The molecule has 0 aromatic heterocycles. The van der Waals surface area contributed by atoms with Crippen molar-refractivity contribution in [1.29, 1.82) is 0 Å². The van der Waals surface area contributed by atoms with Crippen LogP contribution in [0.25, 0.3) is 0 Å². The fourth-order valence-corrected chi connectivity index (χ4v) is 4.40. The summed E-state index contributed by atoms with van der Waals surface area (Å²) in [4.78, 5) is 13.8. The van der Waals surface area contributed by atoms with Gasteiger partial charge in [-0.15, -0.1) is 0 Å². The number of hydroxylamine groups is 1. The van der Waals surface area contributed by atoms with Crippen LogP contribution < -0.4 is 5.48 Å². The zero-order valence-electron chi connectivity index (χ0n) is 17.4. The summed E-state index contributed by atoms with van der Waals surface area (Å²) in [5, 5.41) is 8.71. The highest BCUT2D eigenvalue weighted by Gasteiger charge is 2.27. The number of rotatable bonds is 8. The summed E-state index contributed by atoms with van der Waals surface area (Å²) < 4.78 is 0. The van der Waals surface area contributed by atoms with Crippen molar-refractivity contribution in [3.63, 3.8) is 0 Å². The smallest absolute Gasteiger partial charge is 0.274 e. The average Bonchev–Trinajstić information content (AvgIpc) is 2.66. The van der Waals surface area contributed by atoms with Crippen molar-refractivity contribution >= 4 is 5.91 Å². The molecule has 0 spiro atoms. The van der Waals surface area contributed by atoms with Gasteiger partial charge >= 0.3 is 0 Å². The summed E-state index contributed by atoms with van der Waals surface area (Å²) in [7, 11) is 2.19. The normalized spacial score (nSPS) is 24.1. The largest absolute Gasteiger partial charge is 0.299 e. The molecule has 1 aliphatic rings. The first-order chi connectivity index (χ1) is 12.8. The molecule has 1 amide bonds. The molecular weight excluding hydrogens is 336 g/mol. The molecular formula is C23H36N2O2. The van der Waals surface area contributed by atoms with E-state index >= 15 is 0 Å². The fourth-order valence-electron chi connectivity index (χ4n) is 4.40. The molecule has 27 heavy (non-hydrogen) atoms. The van der Waals surface area contributed by atoms with Crippen LogP contribution in [0.5, 0.6) is 0 Å². The van der Waals surface area contributed by atoms with E-state index in [0.717, 1.165) is 24.8 Å². The Bertz CT molecular complexity index is 626. The van der Waals surface area contributed by atoms with Gasteiger partial charge in [-0.25, -0.2) is 5.48 Å². The van der Waals surface area contributed by atoms with Crippen molar-refractivity contribution in [2.24, 2.45) is 17.8 Å². The Balaban J connectivity index is 1.87. The van der Waals surface area contributed by atoms with Gasteiger partial charge in [-0.3, -0.25) is 14.9 Å². The van der Waals surface area contributed by atoms with Gasteiger partial charge in [0.05, 0.1) is 0 Å². The number of allylic oxidation sites excluding steroid dienone is 1. The molecule has 0 radical (unpaired) electrons. The number of hydrogen-bond donors (Lipinski definition) is 2. The summed E-state index contributed by atoms with van der Waals surface area (Å²) in [5.74, 6) is 1.73. The number of carbonyl (C=O) groups is 1. The highest BCUT2D eigenvalue weighted by atomic mass is 16.5. The highest BCUT2D eigenvalue weighted by molar-refractivity contribution is 5.93. The number of nitrogens with zero attached hydrogens (tertiary/aromatic N) is 1. The lowest BCUT2D eigenvalue weighted by atomic mass is 9.71. The van der Waals surface area contributed by atoms with Gasteiger partial charge < -0.3 is 0 Å². The Morgan fingerprint density at radius 1 is 1.33 bits per heavy atom. The maximum absolute atomic E-state index is 11.4. The molecule has 4 nitrogen and oxygen atoms in total. The molecule has 4 heteroatoms. The monoisotopic (exact) mass is 372 g/mol. The maximum atomic E-state index is 11.4. The fraction of sp³-hybridized carbons (Fsp3) is 0.609. The van der Waals surface area contributed by atoms with E-state index in [1.807, 2.05) is 12.1 Å². The summed E-state index contributed by atoms with van der Waals surface area (Å²) in [5.41, 5.74) is 4.76. The molecule has 1 aliphatic carbocycles. The van der Waals surface area contributed by atoms with Gasteiger partial charge in [0.15, 0.2) is 0 Å². The first-order valence-corrected chi connectivity index (χ1v) is 10.3. The number of hydrogen-bond acceptors (Lipinski definition) is 3. The van der Waals surface area contributed by atoms with E-state index < -0.39 is 5.91 Å². The molecule has 4 unspecified atom stereocenters. The Morgan fingerprint density at radius 2 is 2.00 bits per heavy atom. The van der Waals surface area contributed by atoms with Crippen LogP contribution in [-0.4, -0.2) is 29.1 Å². The summed E-state index contributed by atoms with van der Waals surface area (Å²) in [6.07, 6.45) is 6.15. The van der Waals surface area contributed by atoms with Crippen LogP contribution in [0, 0.1) is 17.8 Å². The van der Waals surface area contributed by atoms with Crippen LogP contribution in [-0.2, 0) is 6.54 Å². The Hall–Kier alpha value is -1.65. The third-order valence-electron chi connectivity index (χ3n) is 6.51. The molecule has 1 aromatic rings. The van der Waals surface area contributed by atoms with Gasteiger partial charge in [-0.1, -0.05) is 45.1 Å². The van der Waals surface area contributed by atoms with E-state index in [9.17, 15) is 4.79 Å². The number of nitrogens with one attached hydrogen (secondary N) is 1. The molecule has 0 aliphatic heterocycles. The zero-order valence-corrected chi connectivity index (χ0v) is 17.4. The zero-order chi connectivity index (χ0) is 20.0. The lowest BCUT2D eigenvalue weighted by molar-refractivity contribution is 0.0706. The number of carbonyl (C=O) groups excluding carboxylic acids is 1. The topological polar surface area (TPSA) is 52.6 Å². The highest BCUT2D eigenvalue weighted by Crippen LogP contribution is 2.38. The van der Waals surface area contributed by atoms with Crippen LogP contribution in [0.15, 0.2) is 36.4 Å². The Morgan fingerprint density at radius 3 is 2.56 bits per heavy atom. The van der Waals surface area contributed by atoms with Crippen molar-refractivity contribution in [3.8, 4) is 0 Å². The predicted molar refractivity (Wildman–Crippen MR) is 111 cm³/mol. The molecule has 4 atom stereocenters. The second-order valence-electron chi connectivity index (χ2n) is 8.42. The van der Waals surface area contributed by atoms with Crippen molar-refractivity contribution in [1.82, 2.24) is 10.4 Å². The molecule has 2 N–H and O–H groups in total. The maximum Gasteiger partial charge on any atom is 0.274 e. The van der Waals surface area contributed by atoms with Crippen molar-refractivity contribution in [2.75, 3.05) is 7.05 Å². The summed E-state index contributed by atoms with van der Waals surface area (Å²) >= 11 is 0. The summed E-state index contributed by atoms with van der Waals surface area (Å²) in [6, 6.07) is 8.00. The van der Waals surface area contributed by atoms with Crippen LogP contribution in [0.3, 0.4) is 0 Å². The second-order valence-corrected chi connectivity index (χ2v) is 8.42. The van der Waals surface area contributed by atoms with E-state index in [0.29, 0.717) is 17.5 Å². The molecule has 150 valence electrons. The van der Waals surface area contributed by atoms with E-state index in [-0.39, 0.29) is 0 Å². The van der Waals surface area contributed by atoms with Crippen LogP contribution >= 0.6 is 0 Å². The van der Waals surface area contributed by atoms with Crippen LogP contribution in [0.2, 0.25) is 0 Å². The Labute approximate surface area is 164 Å². The molecule has 1 aromatic carbocycles. The third kappa shape index (κ3) is 5.91. The molecule has 2 rings (SSSR count). The quantitative estimate of drug-likeness (QED) is 0.382. The van der Waals surface area contributed by atoms with Crippen LogP contribution in [0.1, 0.15) is 68.8 Å². The minimum Gasteiger partial charge on any atom is -0.299 e. The van der Waals surface area contributed by atoms with Gasteiger partial charge in [-0.2, -0.15) is 0 Å². The standard InChI is InChI=1S/C23H36N2O2/c1-6-22(12-9-20-13-16(2)18(4)17(3)14-20)25(5)15-19-7-10-21(11-8-19)23(26)24-27/h7-8,10-11,17-18,20,22,27H,2,6,9,12-15H2,1,3-5H3,(H,24,26). The van der Waals surface area contributed by atoms with Crippen LogP contribution in [0.4, 0.5) is 0 Å². The van der Waals surface area contributed by atoms with Gasteiger partial charge in [0.1, 0.15) is 0 Å². The van der Waals surface area contributed by atoms with E-state index in [4.69, 9.17) is 5.21 Å². The molecule has 0 saturated heterocycles. The average molecular weight is 373 g/mol. The summed E-state index contributed by atoms with van der Waals surface area (Å²) in [6.45, 7) is 12.1. The molecule has 0 heterocycles. The number of amides is 1. The minimum absolute atomic E-state index is 0.469. The van der Waals surface area contributed by atoms with Gasteiger partial charge in [0.2, 0.25) is 0 Å². The van der Waals surface area contributed by atoms with Gasteiger partial charge in [0.25, 0.3) is 5.91 Å². The van der Waals surface area contributed by atoms with Gasteiger partial charge in [0, 0.05) is 18.2 Å². The predicted octanol–water partition coefficient (Wildman–Crippen LogP) is 5.03. The first-order valence-electron chi connectivity index (χ1n) is 10.3. The van der Waals surface area contributed by atoms with E-state index in [1.54, 1.807) is 17.6 Å². The SMILES string of the molecule is C=C1CC(CCC(CC)N(C)Cc2ccc(C(=O)NO)cc2)CC(C)C1C. The van der Waals surface area contributed by atoms with Crippen molar-refractivity contribution in [2.45, 2.75) is 65.5 Å². The lowest BCUT2D eigenvalue weighted by Crippen LogP contribution is -2.32. The minimum atomic E-state index is -0.473. The van der Waals surface area contributed by atoms with E-state index in [1.165, 1.54) is 36.8 Å². The Kier molecular flexibility index (Phi) is 8.06. The van der Waals surface area contributed by atoms with Crippen molar-refractivity contribution < 1.29 is 10.0 Å².